The zero-order chi connectivity index (χ0) is 20.2. The Kier molecular flexibility index (Phi) is 6.25. The molecule has 1 atom stereocenters. The molecule has 0 spiro atoms. The summed E-state index contributed by atoms with van der Waals surface area (Å²) >= 11 is 0. The average Bonchev–Trinajstić information content (AvgIpc) is 3.15. The monoisotopic (exact) mass is 396 g/mol. The van der Waals surface area contributed by atoms with Crippen LogP contribution in [0.25, 0.3) is 0 Å². The van der Waals surface area contributed by atoms with E-state index in [9.17, 15) is 4.79 Å². The lowest BCUT2D eigenvalue weighted by Crippen LogP contribution is -2.48. The number of hydrogen-bond acceptors (Lipinski definition) is 5. The highest BCUT2D eigenvalue weighted by atomic mass is 16.2. The van der Waals surface area contributed by atoms with E-state index < -0.39 is 0 Å². The van der Waals surface area contributed by atoms with Crippen LogP contribution in [0, 0.1) is 6.92 Å². The Morgan fingerprint density at radius 1 is 1.21 bits per heavy atom. The van der Waals surface area contributed by atoms with E-state index in [1.165, 1.54) is 5.56 Å². The van der Waals surface area contributed by atoms with Crippen LogP contribution in [0.2, 0.25) is 0 Å². The second-order valence-electron chi connectivity index (χ2n) is 8.38. The first-order valence-corrected chi connectivity index (χ1v) is 10.8. The standard InChI is InChI=1S/C22H32N6O/c1-17-21(24-25-28(17)19-10-12-23-13-11-19)22(29)26(2)20-9-6-14-27(16-20)15-18-7-4-3-5-8-18/h3-5,7-8,19-20,23H,6,9-16H2,1-2H3. The van der Waals surface area contributed by atoms with Crippen LogP contribution < -0.4 is 5.32 Å². The van der Waals surface area contributed by atoms with Crippen LogP contribution in [0.5, 0.6) is 0 Å². The van der Waals surface area contributed by atoms with Crippen molar-refractivity contribution in [3.63, 3.8) is 0 Å². The molecule has 0 radical (unpaired) electrons. The molecule has 0 bridgehead atoms. The third kappa shape index (κ3) is 4.51. The number of amides is 1. The number of carbonyl (C=O) groups is 1. The minimum atomic E-state index is -0.00533. The largest absolute Gasteiger partial charge is 0.336 e. The van der Waals surface area contributed by atoms with Crippen molar-refractivity contribution in [2.24, 2.45) is 0 Å². The highest BCUT2D eigenvalue weighted by Crippen LogP contribution is 2.23. The molecule has 1 amide bonds. The van der Waals surface area contributed by atoms with Gasteiger partial charge < -0.3 is 10.2 Å². The Bertz CT molecular complexity index is 814. The Balaban J connectivity index is 1.41. The van der Waals surface area contributed by atoms with Crippen LogP contribution in [0.3, 0.4) is 0 Å². The molecule has 2 aromatic rings. The van der Waals surface area contributed by atoms with Gasteiger partial charge in [-0.1, -0.05) is 35.5 Å². The van der Waals surface area contributed by atoms with Crippen molar-refractivity contribution in [3.8, 4) is 0 Å². The highest BCUT2D eigenvalue weighted by Gasteiger charge is 2.30. The van der Waals surface area contributed by atoms with Crippen LogP contribution >= 0.6 is 0 Å². The maximum atomic E-state index is 13.2. The van der Waals surface area contributed by atoms with Crippen LogP contribution in [0.4, 0.5) is 0 Å². The first-order chi connectivity index (χ1) is 14.1. The number of rotatable bonds is 5. The normalized spacial score (nSPS) is 21.2. The fraction of sp³-hybridized carbons (Fsp3) is 0.591. The lowest BCUT2D eigenvalue weighted by Gasteiger charge is -2.37. The van der Waals surface area contributed by atoms with Gasteiger partial charge in [0.2, 0.25) is 0 Å². The molecule has 1 N–H and O–H groups in total. The summed E-state index contributed by atoms with van der Waals surface area (Å²) in [6, 6.07) is 11.1. The van der Waals surface area contributed by atoms with E-state index in [-0.39, 0.29) is 11.9 Å². The summed E-state index contributed by atoms with van der Waals surface area (Å²) in [7, 11) is 1.92. The molecule has 0 aliphatic carbocycles. The second-order valence-corrected chi connectivity index (χ2v) is 8.38. The van der Waals surface area contributed by atoms with Gasteiger partial charge in [0.05, 0.1) is 11.7 Å². The van der Waals surface area contributed by atoms with Crippen LogP contribution in [-0.2, 0) is 6.54 Å². The molecular formula is C22H32N6O. The SMILES string of the molecule is Cc1c(C(=O)N(C)C2CCCN(Cc3ccccc3)C2)nnn1C1CCNCC1. The van der Waals surface area contributed by atoms with Gasteiger partial charge >= 0.3 is 0 Å². The number of piperidine rings is 2. The molecule has 2 saturated heterocycles. The molecule has 1 aromatic carbocycles. The summed E-state index contributed by atoms with van der Waals surface area (Å²) in [5.74, 6) is -0.00533. The zero-order valence-corrected chi connectivity index (χ0v) is 17.5. The van der Waals surface area contributed by atoms with Crippen LogP contribution in [0.15, 0.2) is 30.3 Å². The minimum Gasteiger partial charge on any atom is -0.336 e. The van der Waals surface area contributed by atoms with E-state index >= 15 is 0 Å². The summed E-state index contributed by atoms with van der Waals surface area (Å²) < 4.78 is 1.96. The van der Waals surface area contributed by atoms with Crippen molar-refractivity contribution in [1.29, 1.82) is 0 Å². The third-order valence-electron chi connectivity index (χ3n) is 6.38. The molecule has 3 heterocycles. The van der Waals surface area contributed by atoms with Crippen molar-refractivity contribution in [1.82, 2.24) is 30.1 Å². The van der Waals surface area contributed by atoms with Crippen molar-refractivity contribution in [3.05, 3.63) is 47.3 Å². The Morgan fingerprint density at radius 3 is 2.72 bits per heavy atom. The predicted molar refractivity (Wildman–Crippen MR) is 113 cm³/mol. The van der Waals surface area contributed by atoms with Crippen molar-refractivity contribution >= 4 is 5.91 Å². The number of likely N-dealkylation sites (N-methyl/N-ethyl adjacent to an activating group) is 1. The van der Waals surface area contributed by atoms with Crippen molar-refractivity contribution in [2.75, 3.05) is 33.2 Å². The molecular weight excluding hydrogens is 364 g/mol. The van der Waals surface area contributed by atoms with Gasteiger partial charge in [-0.25, -0.2) is 4.68 Å². The Labute approximate surface area is 173 Å². The average molecular weight is 397 g/mol. The van der Waals surface area contributed by atoms with Crippen LogP contribution in [-0.4, -0.2) is 70.0 Å². The number of benzene rings is 1. The topological polar surface area (TPSA) is 66.3 Å². The molecule has 7 heteroatoms. The summed E-state index contributed by atoms with van der Waals surface area (Å²) in [6.07, 6.45) is 4.21. The molecule has 156 valence electrons. The van der Waals surface area contributed by atoms with E-state index in [1.54, 1.807) is 0 Å². The van der Waals surface area contributed by atoms with Gasteiger partial charge in [0, 0.05) is 26.2 Å². The predicted octanol–water partition coefficient (Wildman–Crippen LogP) is 2.25. The summed E-state index contributed by atoms with van der Waals surface area (Å²) in [5, 5.41) is 12.0. The number of aromatic nitrogens is 3. The zero-order valence-electron chi connectivity index (χ0n) is 17.5. The maximum absolute atomic E-state index is 13.2. The van der Waals surface area contributed by atoms with Gasteiger partial charge in [-0.2, -0.15) is 0 Å². The molecule has 29 heavy (non-hydrogen) atoms. The van der Waals surface area contributed by atoms with Gasteiger partial charge in [0.25, 0.3) is 5.91 Å². The van der Waals surface area contributed by atoms with E-state index in [2.05, 4.69) is 44.8 Å². The number of nitrogens with one attached hydrogen (secondary N) is 1. The molecule has 4 rings (SSSR count). The number of hydrogen-bond donors (Lipinski definition) is 1. The molecule has 1 aromatic heterocycles. The lowest BCUT2D eigenvalue weighted by atomic mass is 10.0. The molecule has 2 aliphatic heterocycles. The Morgan fingerprint density at radius 2 is 1.97 bits per heavy atom. The summed E-state index contributed by atoms with van der Waals surface area (Å²) in [4.78, 5) is 17.5. The summed E-state index contributed by atoms with van der Waals surface area (Å²) in [5.41, 5.74) is 2.72. The second kappa shape index (κ2) is 9.05. The van der Waals surface area contributed by atoms with E-state index in [0.717, 1.165) is 64.1 Å². The first-order valence-electron chi connectivity index (χ1n) is 10.8. The van der Waals surface area contributed by atoms with E-state index in [0.29, 0.717) is 11.7 Å². The number of likely N-dealkylation sites (tertiary alicyclic amines) is 1. The van der Waals surface area contributed by atoms with E-state index in [1.807, 2.05) is 29.6 Å². The molecule has 0 saturated carbocycles. The third-order valence-corrected chi connectivity index (χ3v) is 6.38. The quantitative estimate of drug-likeness (QED) is 0.840. The van der Waals surface area contributed by atoms with E-state index in [4.69, 9.17) is 0 Å². The minimum absolute atomic E-state index is 0.00533. The fourth-order valence-corrected chi connectivity index (χ4v) is 4.60. The van der Waals surface area contributed by atoms with Gasteiger partial charge in [0.1, 0.15) is 0 Å². The highest BCUT2D eigenvalue weighted by molar-refractivity contribution is 5.93. The van der Waals surface area contributed by atoms with Gasteiger partial charge in [-0.3, -0.25) is 9.69 Å². The van der Waals surface area contributed by atoms with Gasteiger partial charge in [-0.15, -0.1) is 5.10 Å². The molecule has 2 aliphatic rings. The first kappa shape index (κ1) is 20.0. The number of nitrogens with zero attached hydrogens (tertiary/aromatic N) is 5. The van der Waals surface area contributed by atoms with Crippen LogP contribution in [0.1, 0.15) is 53.5 Å². The van der Waals surface area contributed by atoms with Crippen molar-refractivity contribution in [2.45, 2.75) is 51.2 Å². The van der Waals surface area contributed by atoms with Crippen molar-refractivity contribution < 1.29 is 4.79 Å². The molecule has 7 nitrogen and oxygen atoms in total. The van der Waals surface area contributed by atoms with Gasteiger partial charge in [0.15, 0.2) is 5.69 Å². The fourth-order valence-electron chi connectivity index (χ4n) is 4.60. The molecule has 1 unspecified atom stereocenters. The number of carbonyl (C=O) groups excluding carboxylic acids is 1. The Hall–Kier alpha value is -2.25. The van der Waals surface area contributed by atoms with Gasteiger partial charge in [-0.05, 0) is 57.8 Å². The molecule has 2 fully saturated rings. The smallest absolute Gasteiger partial charge is 0.276 e. The summed E-state index contributed by atoms with van der Waals surface area (Å²) in [6.45, 7) is 6.88. The lowest BCUT2D eigenvalue weighted by molar-refractivity contribution is 0.0603. The maximum Gasteiger partial charge on any atom is 0.276 e.